The van der Waals surface area contributed by atoms with Crippen LogP contribution in [0.4, 0.5) is 8.78 Å². The third-order valence-electron chi connectivity index (χ3n) is 4.84. The van der Waals surface area contributed by atoms with Gasteiger partial charge < -0.3 is 5.32 Å². The highest BCUT2D eigenvalue weighted by Crippen LogP contribution is 2.44. The van der Waals surface area contributed by atoms with E-state index in [-0.39, 0.29) is 5.54 Å². The Labute approximate surface area is 119 Å². The first-order chi connectivity index (χ1) is 9.49. The van der Waals surface area contributed by atoms with Crippen molar-refractivity contribution < 1.29 is 8.78 Å². The van der Waals surface area contributed by atoms with E-state index in [9.17, 15) is 8.78 Å². The molecule has 0 spiro atoms. The van der Waals surface area contributed by atoms with Gasteiger partial charge in [0.2, 0.25) is 0 Å². The third-order valence-corrected chi connectivity index (χ3v) is 4.84. The zero-order chi connectivity index (χ0) is 14.3. The van der Waals surface area contributed by atoms with Gasteiger partial charge in [-0.3, -0.25) is 4.90 Å². The molecular weight excluding hydrogens is 258 g/mol. The Balaban J connectivity index is 1.80. The minimum absolute atomic E-state index is 0.136. The highest BCUT2D eigenvalue weighted by atomic mass is 19.2. The first-order valence-electron chi connectivity index (χ1n) is 7.41. The Kier molecular flexibility index (Phi) is 3.55. The van der Waals surface area contributed by atoms with Gasteiger partial charge in [-0.2, -0.15) is 0 Å². The molecule has 20 heavy (non-hydrogen) atoms. The molecular formula is C16H22F2N2. The van der Waals surface area contributed by atoms with E-state index in [1.807, 2.05) is 0 Å². The van der Waals surface area contributed by atoms with E-state index in [2.05, 4.69) is 24.1 Å². The molecule has 0 amide bonds. The van der Waals surface area contributed by atoms with Gasteiger partial charge in [0.05, 0.1) is 0 Å². The van der Waals surface area contributed by atoms with Crippen LogP contribution in [0.15, 0.2) is 18.2 Å². The first kappa shape index (κ1) is 14.0. The summed E-state index contributed by atoms with van der Waals surface area (Å²) in [6, 6.07) is 4.69. The number of rotatable bonds is 3. The van der Waals surface area contributed by atoms with Crippen molar-refractivity contribution in [3.05, 3.63) is 35.4 Å². The minimum Gasteiger partial charge on any atom is -0.311 e. The number of nitrogens with one attached hydrogen (secondary N) is 1. The van der Waals surface area contributed by atoms with Crippen LogP contribution >= 0.6 is 0 Å². The quantitative estimate of drug-likeness (QED) is 0.916. The summed E-state index contributed by atoms with van der Waals surface area (Å²) in [5, 5.41) is 3.55. The number of nitrogens with zero attached hydrogens (tertiary/aromatic N) is 1. The lowest BCUT2D eigenvalue weighted by molar-refractivity contribution is 0.0311. The van der Waals surface area contributed by atoms with Crippen molar-refractivity contribution in [2.75, 3.05) is 13.1 Å². The van der Waals surface area contributed by atoms with Crippen LogP contribution in [0.25, 0.3) is 0 Å². The maximum absolute atomic E-state index is 13.4. The molecule has 1 aliphatic heterocycles. The number of hydrogen-bond donors (Lipinski definition) is 1. The van der Waals surface area contributed by atoms with Crippen LogP contribution in [-0.4, -0.2) is 29.6 Å². The number of piperazine rings is 1. The fourth-order valence-corrected chi connectivity index (χ4v) is 3.31. The average molecular weight is 280 g/mol. The van der Waals surface area contributed by atoms with Crippen LogP contribution in [0.3, 0.4) is 0 Å². The van der Waals surface area contributed by atoms with E-state index < -0.39 is 11.6 Å². The van der Waals surface area contributed by atoms with Crippen molar-refractivity contribution in [1.82, 2.24) is 10.2 Å². The highest BCUT2D eigenvalue weighted by molar-refractivity contribution is 5.19. The summed E-state index contributed by atoms with van der Waals surface area (Å²) in [4.78, 5) is 2.44. The lowest BCUT2D eigenvalue weighted by atomic mass is 9.89. The topological polar surface area (TPSA) is 15.3 Å². The maximum Gasteiger partial charge on any atom is 0.159 e. The van der Waals surface area contributed by atoms with Gasteiger partial charge in [-0.15, -0.1) is 0 Å². The molecule has 0 aromatic heterocycles. The summed E-state index contributed by atoms with van der Waals surface area (Å²) < 4.78 is 26.4. The van der Waals surface area contributed by atoms with Gasteiger partial charge in [0.15, 0.2) is 11.6 Å². The monoisotopic (exact) mass is 280 g/mol. The van der Waals surface area contributed by atoms with Crippen LogP contribution < -0.4 is 5.32 Å². The van der Waals surface area contributed by atoms with E-state index in [0.29, 0.717) is 12.6 Å². The Morgan fingerprint density at radius 3 is 2.70 bits per heavy atom. The Bertz CT molecular complexity index is 501. The number of hydrogen-bond acceptors (Lipinski definition) is 2. The molecule has 2 atom stereocenters. The van der Waals surface area contributed by atoms with Gasteiger partial charge in [-0.05, 0) is 50.3 Å². The van der Waals surface area contributed by atoms with Crippen molar-refractivity contribution in [2.45, 2.75) is 44.8 Å². The second kappa shape index (κ2) is 5.08. The molecule has 1 aliphatic carbocycles. The van der Waals surface area contributed by atoms with Crippen LogP contribution in [0.1, 0.15) is 32.3 Å². The first-order valence-corrected chi connectivity index (χ1v) is 7.41. The van der Waals surface area contributed by atoms with Crippen molar-refractivity contribution in [3.8, 4) is 0 Å². The zero-order valence-corrected chi connectivity index (χ0v) is 12.1. The van der Waals surface area contributed by atoms with E-state index >= 15 is 0 Å². The normalized spacial score (nSPS) is 31.5. The van der Waals surface area contributed by atoms with Crippen molar-refractivity contribution in [2.24, 2.45) is 5.92 Å². The largest absolute Gasteiger partial charge is 0.311 e. The molecule has 110 valence electrons. The summed E-state index contributed by atoms with van der Waals surface area (Å²) in [6.45, 7) is 7.08. The molecule has 1 saturated carbocycles. The molecule has 1 saturated heterocycles. The molecule has 1 N–H and O–H groups in total. The number of halogens is 2. The smallest absolute Gasteiger partial charge is 0.159 e. The van der Waals surface area contributed by atoms with E-state index in [1.54, 1.807) is 6.07 Å². The van der Waals surface area contributed by atoms with E-state index in [4.69, 9.17) is 0 Å². The summed E-state index contributed by atoms with van der Waals surface area (Å²) in [6.07, 6.45) is 2.56. The third kappa shape index (κ3) is 2.59. The van der Waals surface area contributed by atoms with Gasteiger partial charge in [0.1, 0.15) is 0 Å². The highest BCUT2D eigenvalue weighted by Gasteiger charge is 2.47. The standard InChI is InChI=1S/C16H22F2N2/c1-11-8-20(16(2,10-19-11)13-4-5-13)9-12-3-6-14(17)15(18)7-12/h3,6-7,11,13,19H,4-5,8-10H2,1-2H3. The molecule has 3 rings (SSSR count). The molecule has 2 fully saturated rings. The summed E-state index contributed by atoms with van der Waals surface area (Å²) in [5.74, 6) is -0.793. The predicted octanol–water partition coefficient (Wildman–Crippen LogP) is 2.93. The van der Waals surface area contributed by atoms with Gasteiger partial charge >= 0.3 is 0 Å². The fourth-order valence-electron chi connectivity index (χ4n) is 3.31. The van der Waals surface area contributed by atoms with Gasteiger partial charge in [0.25, 0.3) is 0 Å². The van der Waals surface area contributed by atoms with Crippen LogP contribution in [0.5, 0.6) is 0 Å². The molecule has 2 unspecified atom stereocenters. The summed E-state index contributed by atoms with van der Waals surface area (Å²) in [5.41, 5.74) is 0.988. The Morgan fingerprint density at radius 1 is 1.30 bits per heavy atom. The van der Waals surface area contributed by atoms with Gasteiger partial charge in [-0.25, -0.2) is 8.78 Å². The second-order valence-electron chi connectivity index (χ2n) is 6.54. The fraction of sp³-hybridized carbons (Fsp3) is 0.625. The average Bonchev–Trinajstić information content (AvgIpc) is 3.23. The van der Waals surface area contributed by atoms with Crippen LogP contribution in [0, 0.1) is 17.6 Å². The lowest BCUT2D eigenvalue weighted by Gasteiger charge is -2.48. The molecule has 2 aliphatic rings. The molecule has 2 nitrogen and oxygen atoms in total. The van der Waals surface area contributed by atoms with Crippen molar-refractivity contribution in [1.29, 1.82) is 0 Å². The number of benzene rings is 1. The molecule has 1 aromatic carbocycles. The SMILES string of the molecule is CC1CN(Cc2ccc(F)c(F)c2)C(C)(C2CC2)CN1. The maximum atomic E-state index is 13.4. The lowest BCUT2D eigenvalue weighted by Crippen LogP contribution is -2.63. The van der Waals surface area contributed by atoms with E-state index in [1.165, 1.54) is 25.0 Å². The van der Waals surface area contributed by atoms with Crippen molar-refractivity contribution in [3.63, 3.8) is 0 Å². The van der Waals surface area contributed by atoms with Crippen LogP contribution in [-0.2, 0) is 6.54 Å². The summed E-state index contributed by atoms with van der Waals surface area (Å²) in [7, 11) is 0. The predicted molar refractivity (Wildman–Crippen MR) is 75.4 cm³/mol. The Hall–Kier alpha value is -1.00. The Morgan fingerprint density at radius 2 is 2.05 bits per heavy atom. The molecule has 0 radical (unpaired) electrons. The molecule has 1 heterocycles. The van der Waals surface area contributed by atoms with E-state index in [0.717, 1.165) is 24.6 Å². The van der Waals surface area contributed by atoms with Crippen molar-refractivity contribution >= 4 is 0 Å². The zero-order valence-electron chi connectivity index (χ0n) is 12.1. The minimum atomic E-state index is -0.771. The second-order valence-corrected chi connectivity index (χ2v) is 6.54. The molecule has 0 bridgehead atoms. The molecule has 1 aromatic rings. The summed E-state index contributed by atoms with van der Waals surface area (Å²) >= 11 is 0. The van der Waals surface area contributed by atoms with Gasteiger partial charge in [0, 0.05) is 31.2 Å². The molecule has 4 heteroatoms. The van der Waals surface area contributed by atoms with Gasteiger partial charge in [-0.1, -0.05) is 6.07 Å². The van der Waals surface area contributed by atoms with Crippen LogP contribution in [0.2, 0.25) is 0 Å².